The zero-order valence-corrected chi connectivity index (χ0v) is 18.0. The van der Waals surface area contributed by atoms with Crippen molar-refractivity contribution in [3.05, 3.63) is 58.6 Å². The second kappa shape index (κ2) is 10.2. The van der Waals surface area contributed by atoms with Crippen molar-refractivity contribution < 1.29 is 19.5 Å². The lowest BCUT2D eigenvalue weighted by Gasteiger charge is -2.26. The molecule has 1 heterocycles. The monoisotopic (exact) mass is 444 g/mol. The van der Waals surface area contributed by atoms with Crippen molar-refractivity contribution >= 4 is 40.9 Å². The molecular formula is C22H25ClN4O4. The number of carboxylic acid groups (broad SMARTS) is 1. The van der Waals surface area contributed by atoms with Crippen molar-refractivity contribution in [2.24, 2.45) is 0 Å². The summed E-state index contributed by atoms with van der Waals surface area (Å²) in [6, 6.07) is 11.1. The summed E-state index contributed by atoms with van der Waals surface area (Å²) in [5.41, 5.74) is 1.55. The highest BCUT2D eigenvalue weighted by Crippen LogP contribution is 2.29. The predicted octanol–water partition coefficient (Wildman–Crippen LogP) is 3.53. The molecule has 0 radical (unpaired) electrons. The van der Waals surface area contributed by atoms with Crippen LogP contribution in [0.2, 0.25) is 5.02 Å². The lowest BCUT2D eigenvalue weighted by atomic mass is 10.1. The molecule has 0 bridgehead atoms. The SMILES string of the molecule is CCNC(=O)N1CCCN(c2ccc(C(=O)O)cc2NC(=O)c2cccc(Cl)c2)CC1. The Balaban J connectivity index is 1.85. The number of hydrogen-bond acceptors (Lipinski definition) is 4. The van der Waals surface area contributed by atoms with Crippen LogP contribution in [0.4, 0.5) is 16.2 Å². The molecule has 1 aliphatic rings. The molecule has 1 aliphatic heterocycles. The van der Waals surface area contributed by atoms with Crippen LogP contribution < -0.4 is 15.5 Å². The number of benzene rings is 2. The minimum absolute atomic E-state index is 0.0731. The molecule has 3 rings (SSSR count). The fourth-order valence-electron chi connectivity index (χ4n) is 3.49. The van der Waals surface area contributed by atoms with Crippen LogP contribution in [0.1, 0.15) is 34.1 Å². The lowest BCUT2D eigenvalue weighted by molar-refractivity contribution is 0.0696. The number of anilines is 2. The van der Waals surface area contributed by atoms with Gasteiger partial charge in [-0.25, -0.2) is 9.59 Å². The number of hydrogen-bond donors (Lipinski definition) is 3. The van der Waals surface area contributed by atoms with Gasteiger partial charge in [0.25, 0.3) is 5.91 Å². The number of nitrogens with one attached hydrogen (secondary N) is 2. The molecule has 0 aromatic heterocycles. The Kier molecular flexibility index (Phi) is 7.36. The molecule has 164 valence electrons. The summed E-state index contributed by atoms with van der Waals surface area (Å²) in [6.07, 6.45) is 0.749. The summed E-state index contributed by atoms with van der Waals surface area (Å²) in [5.74, 6) is -1.46. The van der Waals surface area contributed by atoms with E-state index in [0.717, 1.165) is 6.42 Å². The topological polar surface area (TPSA) is 102 Å². The molecule has 8 nitrogen and oxygen atoms in total. The second-order valence-corrected chi connectivity index (χ2v) is 7.60. The highest BCUT2D eigenvalue weighted by Gasteiger charge is 2.22. The van der Waals surface area contributed by atoms with Gasteiger partial charge in [0, 0.05) is 43.3 Å². The third kappa shape index (κ3) is 5.67. The van der Waals surface area contributed by atoms with Gasteiger partial charge in [-0.1, -0.05) is 17.7 Å². The molecule has 31 heavy (non-hydrogen) atoms. The number of amides is 3. The Labute approximate surface area is 185 Å². The normalized spacial score (nSPS) is 14.0. The van der Waals surface area contributed by atoms with Crippen LogP contribution in [-0.4, -0.2) is 60.6 Å². The van der Waals surface area contributed by atoms with E-state index in [9.17, 15) is 19.5 Å². The Morgan fingerprint density at radius 3 is 2.55 bits per heavy atom. The highest BCUT2D eigenvalue weighted by atomic mass is 35.5. The molecule has 1 fully saturated rings. The highest BCUT2D eigenvalue weighted by molar-refractivity contribution is 6.31. The van der Waals surface area contributed by atoms with Crippen molar-refractivity contribution in [3.63, 3.8) is 0 Å². The van der Waals surface area contributed by atoms with Crippen LogP contribution in [0.5, 0.6) is 0 Å². The summed E-state index contributed by atoms with van der Waals surface area (Å²) >= 11 is 5.99. The van der Waals surface area contributed by atoms with Gasteiger partial charge < -0.3 is 25.5 Å². The molecule has 0 saturated carbocycles. The fraction of sp³-hybridized carbons (Fsp3) is 0.318. The van der Waals surface area contributed by atoms with Crippen molar-refractivity contribution in [2.45, 2.75) is 13.3 Å². The van der Waals surface area contributed by atoms with E-state index < -0.39 is 5.97 Å². The molecule has 0 unspecified atom stereocenters. The van der Waals surface area contributed by atoms with E-state index in [1.165, 1.54) is 12.1 Å². The predicted molar refractivity (Wildman–Crippen MR) is 120 cm³/mol. The number of carbonyl (C=O) groups excluding carboxylic acids is 2. The summed E-state index contributed by atoms with van der Waals surface area (Å²) in [4.78, 5) is 40.2. The molecule has 0 spiro atoms. The number of halogens is 1. The van der Waals surface area contributed by atoms with Gasteiger partial charge in [0.05, 0.1) is 16.9 Å². The standard InChI is InChI=1S/C22H25ClN4O4/c1-2-24-22(31)27-10-4-9-26(11-12-27)19-8-7-16(21(29)30)14-18(19)25-20(28)15-5-3-6-17(23)13-15/h3,5-8,13-14H,2,4,9-12H2,1H3,(H,24,31)(H,25,28)(H,29,30). The molecule has 0 aliphatic carbocycles. The number of urea groups is 1. The van der Waals surface area contributed by atoms with Gasteiger partial charge in [0.15, 0.2) is 0 Å². The Morgan fingerprint density at radius 2 is 1.84 bits per heavy atom. The van der Waals surface area contributed by atoms with E-state index in [2.05, 4.69) is 15.5 Å². The van der Waals surface area contributed by atoms with E-state index in [0.29, 0.717) is 54.7 Å². The first-order valence-corrected chi connectivity index (χ1v) is 10.5. The summed E-state index contributed by atoms with van der Waals surface area (Å²) < 4.78 is 0. The molecular weight excluding hydrogens is 420 g/mol. The van der Waals surface area contributed by atoms with Crippen molar-refractivity contribution in [1.82, 2.24) is 10.2 Å². The largest absolute Gasteiger partial charge is 0.478 e. The zero-order chi connectivity index (χ0) is 22.4. The fourth-order valence-corrected chi connectivity index (χ4v) is 3.68. The minimum Gasteiger partial charge on any atom is -0.478 e. The minimum atomic E-state index is -1.08. The Morgan fingerprint density at radius 1 is 1.03 bits per heavy atom. The van der Waals surface area contributed by atoms with Gasteiger partial charge in [-0.05, 0) is 49.7 Å². The van der Waals surface area contributed by atoms with Gasteiger partial charge in [-0.15, -0.1) is 0 Å². The summed E-state index contributed by atoms with van der Waals surface area (Å²) in [6.45, 7) is 4.82. The van der Waals surface area contributed by atoms with Crippen molar-refractivity contribution in [1.29, 1.82) is 0 Å². The first kappa shape index (κ1) is 22.4. The van der Waals surface area contributed by atoms with Crippen LogP contribution in [0, 0.1) is 0 Å². The first-order valence-electron chi connectivity index (χ1n) is 10.1. The van der Waals surface area contributed by atoms with Gasteiger partial charge >= 0.3 is 12.0 Å². The molecule has 1 saturated heterocycles. The maximum Gasteiger partial charge on any atom is 0.335 e. The van der Waals surface area contributed by atoms with Crippen LogP contribution in [0.25, 0.3) is 0 Å². The summed E-state index contributed by atoms with van der Waals surface area (Å²) in [7, 11) is 0. The van der Waals surface area contributed by atoms with Gasteiger partial charge in [0.2, 0.25) is 0 Å². The zero-order valence-electron chi connectivity index (χ0n) is 17.2. The van der Waals surface area contributed by atoms with E-state index in [-0.39, 0.29) is 17.5 Å². The van der Waals surface area contributed by atoms with E-state index >= 15 is 0 Å². The lowest BCUT2D eigenvalue weighted by Crippen LogP contribution is -2.42. The van der Waals surface area contributed by atoms with Crippen LogP contribution in [-0.2, 0) is 0 Å². The van der Waals surface area contributed by atoms with E-state index in [1.807, 2.05) is 6.92 Å². The average Bonchev–Trinajstić information content (AvgIpc) is 3.00. The van der Waals surface area contributed by atoms with E-state index in [4.69, 9.17) is 11.6 Å². The van der Waals surface area contributed by atoms with E-state index in [1.54, 1.807) is 35.2 Å². The van der Waals surface area contributed by atoms with Gasteiger partial charge in [0.1, 0.15) is 0 Å². The summed E-state index contributed by atoms with van der Waals surface area (Å²) in [5, 5.41) is 15.5. The molecule has 2 aromatic rings. The van der Waals surface area contributed by atoms with Crippen LogP contribution >= 0.6 is 11.6 Å². The van der Waals surface area contributed by atoms with Crippen molar-refractivity contribution in [3.8, 4) is 0 Å². The first-order chi connectivity index (χ1) is 14.9. The van der Waals surface area contributed by atoms with Gasteiger partial charge in [-0.3, -0.25) is 4.79 Å². The third-order valence-corrected chi connectivity index (χ3v) is 5.27. The number of carbonyl (C=O) groups is 3. The maximum absolute atomic E-state index is 12.8. The molecule has 2 aromatic carbocycles. The number of aromatic carboxylic acids is 1. The molecule has 9 heteroatoms. The third-order valence-electron chi connectivity index (χ3n) is 5.03. The van der Waals surface area contributed by atoms with Crippen LogP contribution in [0.3, 0.4) is 0 Å². The smallest absolute Gasteiger partial charge is 0.335 e. The molecule has 0 atom stereocenters. The Bertz CT molecular complexity index is 982. The maximum atomic E-state index is 12.8. The average molecular weight is 445 g/mol. The van der Waals surface area contributed by atoms with Crippen molar-refractivity contribution in [2.75, 3.05) is 42.9 Å². The Hall–Kier alpha value is -3.26. The molecule has 3 amide bonds. The van der Waals surface area contributed by atoms with Gasteiger partial charge in [-0.2, -0.15) is 0 Å². The van der Waals surface area contributed by atoms with Crippen LogP contribution in [0.15, 0.2) is 42.5 Å². The molecule has 3 N–H and O–H groups in total. The quantitative estimate of drug-likeness (QED) is 0.654. The number of nitrogens with zero attached hydrogens (tertiary/aromatic N) is 2. The number of carboxylic acids is 1. The second-order valence-electron chi connectivity index (χ2n) is 7.16. The number of rotatable bonds is 5.